The van der Waals surface area contributed by atoms with Gasteiger partial charge >= 0.3 is 0 Å². The molecule has 0 radical (unpaired) electrons. The van der Waals surface area contributed by atoms with Crippen LogP contribution in [0, 0.1) is 20.8 Å². The van der Waals surface area contributed by atoms with E-state index in [1.807, 2.05) is 0 Å². The second-order valence-corrected chi connectivity index (χ2v) is 5.32. The van der Waals surface area contributed by atoms with Gasteiger partial charge in [-0.15, -0.1) is 0 Å². The van der Waals surface area contributed by atoms with Crippen LogP contribution in [0.4, 0.5) is 0 Å². The van der Waals surface area contributed by atoms with Crippen LogP contribution in [0.3, 0.4) is 0 Å². The number of aryl methyl sites for hydroxylation is 1. The van der Waals surface area contributed by atoms with Crippen LogP contribution >= 0.6 is 15.9 Å². The normalized spacial score (nSPS) is 10.9. The maximum atomic E-state index is 5.65. The van der Waals surface area contributed by atoms with Gasteiger partial charge in [0.25, 0.3) is 0 Å². The number of halogens is 1. The molecule has 96 valence electrons. The first-order chi connectivity index (χ1) is 8.54. The lowest BCUT2D eigenvalue weighted by molar-refractivity contribution is 0.933. The number of nitrogens with one attached hydrogen (secondary N) is 1. The summed E-state index contributed by atoms with van der Waals surface area (Å²) >= 11 is 3.40. The fraction of sp³-hybridized carbons (Fsp3) is 0.357. The number of aromatic nitrogens is 2. The smallest absolute Gasteiger partial charge is 0.175 e. The first-order valence-corrected chi connectivity index (χ1v) is 6.85. The van der Waals surface area contributed by atoms with Gasteiger partial charge in [-0.2, -0.15) is 0 Å². The van der Waals surface area contributed by atoms with E-state index in [1.54, 1.807) is 0 Å². The van der Waals surface area contributed by atoms with Gasteiger partial charge in [-0.1, -0.05) is 12.1 Å². The number of imidazole rings is 1. The Bertz CT molecular complexity index is 573. The molecule has 0 saturated carbocycles. The monoisotopic (exact) mass is 307 g/mol. The average molecular weight is 308 g/mol. The van der Waals surface area contributed by atoms with Crippen LogP contribution in [0.2, 0.25) is 0 Å². The highest BCUT2D eigenvalue weighted by atomic mass is 79.9. The van der Waals surface area contributed by atoms with E-state index in [9.17, 15) is 0 Å². The van der Waals surface area contributed by atoms with Gasteiger partial charge in [-0.05, 0) is 59.9 Å². The third kappa shape index (κ3) is 2.35. The Hall–Kier alpha value is -1.13. The molecule has 0 unspecified atom stereocenters. The molecule has 0 saturated heterocycles. The summed E-state index contributed by atoms with van der Waals surface area (Å²) in [5.41, 5.74) is 12.9. The van der Waals surface area contributed by atoms with Crippen molar-refractivity contribution in [1.82, 2.24) is 9.97 Å². The molecule has 1 aromatic heterocycles. The number of nitrogens with two attached hydrogens (primary N) is 1. The highest BCUT2D eigenvalue weighted by molar-refractivity contribution is 9.10. The third-order valence-corrected chi connectivity index (χ3v) is 3.83. The quantitative estimate of drug-likeness (QED) is 0.914. The van der Waals surface area contributed by atoms with Crippen molar-refractivity contribution >= 4 is 15.9 Å². The van der Waals surface area contributed by atoms with Crippen molar-refractivity contribution in [2.45, 2.75) is 27.2 Å². The zero-order valence-electron chi connectivity index (χ0n) is 11.0. The van der Waals surface area contributed by atoms with Crippen molar-refractivity contribution in [2.75, 3.05) is 6.54 Å². The van der Waals surface area contributed by atoms with Crippen molar-refractivity contribution in [1.29, 1.82) is 0 Å². The summed E-state index contributed by atoms with van der Waals surface area (Å²) in [6, 6.07) is 4.28. The molecule has 0 aliphatic carbocycles. The Morgan fingerprint density at radius 2 is 1.94 bits per heavy atom. The first kappa shape index (κ1) is 13.3. The Morgan fingerprint density at radius 3 is 2.61 bits per heavy atom. The lowest BCUT2D eigenvalue weighted by atomic mass is 9.96. The highest BCUT2D eigenvalue weighted by Gasteiger charge is 2.14. The molecule has 2 aromatic rings. The van der Waals surface area contributed by atoms with Gasteiger partial charge < -0.3 is 10.7 Å². The number of aromatic amines is 1. The van der Waals surface area contributed by atoms with Crippen LogP contribution in [0.15, 0.2) is 16.9 Å². The molecule has 0 fully saturated rings. The van der Waals surface area contributed by atoms with Crippen molar-refractivity contribution in [3.63, 3.8) is 0 Å². The van der Waals surface area contributed by atoms with E-state index in [2.05, 4.69) is 58.8 Å². The highest BCUT2D eigenvalue weighted by Crippen LogP contribution is 2.29. The zero-order valence-corrected chi connectivity index (χ0v) is 12.6. The first-order valence-electron chi connectivity index (χ1n) is 6.06. The van der Waals surface area contributed by atoms with Crippen LogP contribution in [0.1, 0.15) is 22.4 Å². The molecule has 1 heterocycles. The fourth-order valence-corrected chi connectivity index (χ4v) is 2.55. The minimum Gasteiger partial charge on any atom is -0.336 e. The molecule has 4 heteroatoms. The predicted molar refractivity (Wildman–Crippen MR) is 78.7 cm³/mol. The van der Waals surface area contributed by atoms with Gasteiger partial charge in [0.05, 0.1) is 5.69 Å². The van der Waals surface area contributed by atoms with Gasteiger partial charge in [0, 0.05) is 17.7 Å². The molecule has 2 rings (SSSR count). The van der Waals surface area contributed by atoms with E-state index < -0.39 is 0 Å². The maximum Gasteiger partial charge on any atom is 0.175 e. The SMILES string of the molecule is Cc1ccc(-c2nc(Br)[nH]c2CCN)c(C)c1C. The van der Waals surface area contributed by atoms with Crippen molar-refractivity contribution in [3.05, 3.63) is 39.3 Å². The number of nitrogens with zero attached hydrogens (tertiary/aromatic N) is 1. The Kier molecular flexibility index (Phi) is 3.88. The molecule has 3 N–H and O–H groups in total. The zero-order chi connectivity index (χ0) is 13.3. The molecule has 0 aliphatic rings. The minimum absolute atomic E-state index is 0.617. The van der Waals surface area contributed by atoms with Crippen LogP contribution in [-0.2, 0) is 6.42 Å². The number of benzene rings is 1. The minimum atomic E-state index is 0.617. The summed E-state index contributed by atoms with van der Waals surface area (Å²) in [4.78, 5) is 7.77. The van der Waals surface area contributed by atoms with E-state index in [4.69, 9.17) is 5.73 Å². The van der Waals surface area contributed by atoms with Crippen LogP contribution in [-0.4, -0.2) is 16.5 Å². The molecular formula is C14H18BrN3. The number of hydrogen-bond acceptors (Lipinski definition) is 2. The van der Waals surface area contributed by atoms with Crippen LogP contribution in [0.5, 0.6) is 0 Å². The fourth-order valence-electron chi connectivity index (χ4n) is 2.14. The van der Waals surface area contributed by atoms with E-state index in [-0.39, 0.29) is 0 Å². The lowest BCUT2D eigenvalue weighted by Gasteiger charge is -2.10. The van der Waals surface area contributed by atoms with E-state index in [0.29, 0.717) is 6.54 Å². The summed E-state index contributed by atoms with van der Waals surface area (Å²) in [5.74, 6) is 0. The summed E-state index contributed by atoms with van der Waals surface area (Å²) < 4.78 is 0.763. The summed E-state index contributed by atoms with van der Waals surface area (Å²) in [6.45, 7) is 7.05. The second-order valence-electron chi connectivity index (χ2n) is 4.57. The standard InChI is InChI=1S/C14H18BrN3/c1-8-4-5-11(10(3)9(8)2)13-12(6-7-16)17-14(15)18-13/h4-5H,6-7,16H2,1-3H3,(H,17,18). The summed E-state index contributed by atoms with van der Waals surface area (Å²) in [7, 11) is 0. The molecule has 0 aliphatic heterocycles. The van der Waals surface area contributed by atoms with E-state index >= 15 is 0 Å². The maximum absolute atomic E-state index is 5.65. The van der Waals surface area contributed by atoms with E-state index in [0.717, 1.165) is 22.5 Å². The topological polar surface area (TPSA) is 54.7 Å². The second kappa shape index (κ2) is 5.24. The molecule has 18 heavy (non-hydrogen) atoms. The molecule has 0 spiro atoms. The summed E-state index contributed by atoms with van der Waals surface area (Å²) in [6.07, 6.45) is 0.806. The van der Waals surface area contributed by atoms with Crippen LogP contribution in [0.25, 0.3) is 11.3 Å². The Balaban J connectivity index is 2.58. The largest absolute Gasteiger partial charge is 0.336 e. The van der Waals surface area contributed by atoms with Crippen LogP contribution < -0.4 is 5.73 Å². The third-order valence-electron chi connectivity index (χ3n) is 3.46. The van der Waals surface area contributed by atoms with Crippen molar-refractivity contribution < 1.29 is 0 Å². The average Bonchev–Trinajstić information content (AvgIpc) is 2.68. The molecule has 0 atom stereocenters. The lowest BCUT2D eigenvalue weighted by Crippen LogP contribution is -2.04. The van der Waals surface area contributed by atoms with Gasteiger partial charge in [0.2, 0.25) is 0 Å². The van der Waals surface area contributed by atoms with Gasteiger partial charge in [0.15, 0.2) is 4.73 Å². The molecule has 0 amide bonds. The molecule has 0 bridgehead atoms. The molecule has 3 nitrogen and oxygen atoms in total. The summed E-state index contributed by atoms with van der Waals surface area (Å²) in [5, 5.41) is 0. The van der Waals surface area contributed by atoms with Crippen molar-refractivity contribution in [2.24, 2.45) is 5.73 Å². The number of H-pyrrole nitrogens is 1. The van der Waals surface area contributed by atoms with Gasteiger partial charge in [0.1, 0.15) is 0 Å². The van der Waals surface area contributed by atoms with E-state index in [1.165, 1.54) is 22.3 Å². The molecule has 1 aromatic carbocycles. The Labute approximate surface area is 116 Å². The molecular weight excluding hydrogens is 290 g/mol. The number of hydrogen-bond donors (Lipinski definition) is 2. The van der Waals surface area contributed by atoms with Gasteiger partial charge in [-0.3, -0.25) is 0 Å². The van der Waals surface area contributed by atoms with Crippen molar-refractivity contribution in [3.8, 4) is 11.3 Å². The number of rotatable bonds is 3. The predicted octanol–water partition coefficient (Wildman–Crippen LogP) is 3.27. The Morgan fingerprint density at radius 1 is 1.22 bits per heavy atom. The van der Waals surface area contributed by atoms with Gasteiger partial charge in [-0.25, -0.2) is 4.98 Å².